The summed E-state index contributed by atoms with van der Waals surface area (Å²) in [5.74, 6) is -0.172. The van der Waals surface area contributed by atoms with Gasteiger partial charge in [0.1, 0.15) is 0 Å². The van der Waals surface area contributed by atoms with Crippen LogP contribution >= 0.6 is 11.3 Å². The molecule has 0 saturated heterocycles. The van der Waals surface area contributed by atoms with E-state index in [1.807, 2.05) is 13.0 Å². The Balaban J connectivity index is 1.70. The third-order valence-corrected chi connectivity index (χ3v) is 4.01. The second-order valence-corrected chi connectivity index (χ2v) is 6.07. The van der Waals surface area contributed by atoms with E-state index in [2.05, 4.69) is 15.3 Å². The Hall–Kier alpha value is -2.54. The molecule has 0 radical (unpaired) electrons. The SMILES string of the molecule is Cc1cnc(NC(=O)CCn2cnc3ccccc3c2=O)s1. The van der Waals surface area contributed by atoms with E-state index in [0.717, 1.165) is 4.88 Å². The number of thiazole rings is 1. The van der Waals surface area contributed by atoms with Gasteiger partial charge in [-0.1, -0.05) is 12.1 Å². The molecule has 112 valence electrons. The molecule has 3 aromatic rings. The summed E-state index contributed by atoms with van der Waals surface area (Å²) in [5.41, 5.74) is 0.523. The van der Waals surface area contributed by atoms with Crippen molar-refractivity contribution >= 4 is 33.3 Å². The first-order valence-corrected chi connectivity index (χ1v) is 7.61. The number of rotatable bonds is 4. The Morgan fingerprint density at radius 1 is 1.32 bits per heavy atom. The van der Waals surface area contributed by atoms with E-state index in [-0.39, 0.29) is 24.4 Å². The zero-order valence-corrected chi connectivity index (χ0v) is 12.8. The Kier molecular flexibility index (Phi) is 3.97. The fourth-order valence-electron chi connectivity index (χ4n) is 2.08. The zero-order valence-electron chi connectivity index (χ0n) is 11.9. The lowest BCUT2D eigenvalue weighted by Gasteiger charge is -2.06. The summed E-state index contributed by atoms with van der Waals surface area (Å²) in [5, 5.41) is 3.85. The quantitative estimate of drug-likeness (QED) is 0.801. The fourth-order valence-corrected chi connectivity index (χ4v) is 2.76. The molecule has 0 spiro atoms. The second-order valence-electron chi connectivity index (χ2n) is 4.83. The Bertz CT molecular complexity index is 884. The third-order valence-electron chi connectivity index (χ3n) is 3.18. The molecule has 0 unspecified atom stereocenters. The summed E-state index contributed by atoms with van der Waals surface area (Å²) in [7, 11) is 0. The van der Waals surface area contributed by atoms with Crippen molar-refractivity contribution in [3.8, 4) is 0 Å². The third kappa shape index (κ3) is 3.04. The molecule has 0 saturated carbocycles. The summed E-state index contributed by atoms with van der Waals surface area (Å²) in [4.78, 5) is 33.5. The number of carbonyl (C=O) groups excluding carboxylic acids is 1. The number of nitrogens with zero attached hydrogens (tertiary/aromatic N) is 3. The molecule has 0 aliphatic heterocycles. The van der Waals surface area contributed by atoms with E-state index in [4.69, 9.17) is 0 Å². The van der Waals surface area contributed by atoms with Gasteiger partial charge >= 0.3 is 0 Å². The van der Waals surface area contributed by atoms with Crippen molar-refractivity contribution in [1.82, 2.24) is 14.5 Å². The maximum Gasteiger partial charge on any atom is 0.261 e. The molecule has 2 aromatic heterocycles. The van der Waals surface area contributed by atoms with Gasteiger partial charge in [0, 0.05) is 24.0 Å². The number of benzene rings is 1. The molecular formula is C15H14N4O2S. The van der Waals surface area contributed by atoms with E-state index in [9.17, 15) is 9.59 Å². The topological polar surface area (TPSA) is 76.9 Å². The van der Waals surface area contributed by atoms with Crippen LogP contribution in [0.3, 0.4) is 0 Å². The van der Waals surface area contributed by atoms with Gasteiger partial charge in [-0.3, -0.25) is 14.2 Å². The van der Waals surface area contributed by atoms with Crippen LogP contribution in [0, 0.1) is 6.92 Å². The molecule has 1 N–H and O–H groups in total. The maximum absolute atomic E-state index is 12.3. The highest BCUT2D eigenvalue weighted by atomic mass is 32.1. The van der Waals surface area contributed by atoms with Gasteiger partial charge in [-0.2, -0.15) is 0 Å². The lowest BCUT2D eigenvalue weighted by Crippen LogP contribution is -2.23. The standard InChI is InChI=1S/C15H14N4O2S/c1-10-8-16-15(22-10)18-13(20)6-7-19-9-17-12-5-3-2-4-11(12)14(19)21/h2-5,8-9H,6-7H2,1H3,(H,16,18,20). The van der Waals surface area contributed by atoms with Crippen molar-refractivity contribution in [3.05, 3.63) is 52.0 Å². The molecule has 22 heavy (non-hydrogen) atoms. The number of aromatic nitrogens is 3. The summed E-state index contributed by atoms with van der Waals surface area (Å²) in [6, 6.07) is 7.16. The number of carbonyl (C=O) groups is 1. The Morgan fingerprint density at radius 2 is 2.14 bits per heavy atom. The Morgan fingerprint density at radius 3 is 2.91 bits per heavy atom. The van der Waals surface area contributed by atoms with Crippen LogP contribution in [0.5, 0.6) is 0 Å². The van der Waals surface area contributed by atoms with Gasteiger partial charge in [-0.25, -0.2) is 9.97 Å². The minimum atomic E-state index is -0.172. The van der Waals surface area contributed by atoms with Crippen LogP contribution in [0.15, 0.2) is 41.6 Å². The highest BCUT2D eigenvalue weighted by molar-refractivity contribution is 7.15. The molecule has 0 bridgehead atoms. The molecule has 0 fully saturated rings. The van der Waals surface area contributed by atoms with Crippen molar-refractivity contribution in [3.63, 3.8) is 0 Å². The molecule has 3 rings (SSSR count). The van der Waals surface area contributed by atoms with Gasteiger partial charge in [0.15, 0.2) is 5.13 Å². The molecule has 2 heterocycles. The van der Waals surface area contributed by atoms with Gasteiger partial charge in [-0.15, -0.1) is 11.3 Å². The van der Waals surface area contributed by atoms with Gasteiger partial charge < -0.3 is 5.32 Å². The first-order valence-electron chi connectivity index (χ1n) is 6.80. The minimum absolute atomic E-state index is 0.136. The van der Waals surface area contributed by atoms with Crippen LogP contribution in [0.25, 0.3) is 10.9 Å². The van der Waals surface area contributed by atoms with E-state index >= 15 is 0 Å². The van der Waals surface area contributed by atoms with Gasteiger partial charge in [0.25, 0.3) is 5.56 Å². The van der Waals surface area contributed by atoms with E-state index in [1.165, 1.54) is 22.2 Å². The van der Waals surface area contributed by atoms with Crippen LogP contribution in [0.1, 0.15) is 11.3 Å². The summed E-state index contributed by atoms with van der Waals surface area (Å²) >= 11 is 1.42. The van der Waals surface area contributed by atoms with Crippen LogP contribution in [0.4, 0.5) is 5.13 Å². The molecule has 1 amide bonds. The number of fused-ring (bicyclic) bond motifs is 1. The number of nitrogens with one attached hydrogen (secondary N) is 1. The number of aryl methyl sites for hydroxylation is 2. The number of amides is 1. The smallest absolute Gasteiger partial charge is 0.261 e. The first kappa shape index (κ1) is 14.4. The molecule has 1 aromatic carbocycles. The lowest BCUT2D eigenvalue weighted by molar-refractivity contribution is -0.116. The van der Waals surface area contributed by atoms with E-state index < -0.39 is 0 Å². The van der Waals surface area contributed by atoms with Crippen LogP contribution < -0.4 is 10.9 Å². The predicted octanol–water partition coefficient (Wildman–Crippen LogP) is 2.19. The van der Waals surface area contributed by atoms with Crippen LogP contribution in [-0.2, 0) is 11.3 Å². The molecule has 6 nitrogen and oxygen atoms in total. The summed E-state index contributed by atoms with van der Waals surface area (Å²) in [6.45, 7) is 2.21. The number of hydrogen-bond donors (Lipinski definition) is 1. The zero-order chi connectivity index (χ0) is 15.5. The molecule has 0 aliphatic carbocycles. The minimum Gasteiger partial charge on any atom is -0.302 e. The summed E-state index contributed by atoms with van der Waals surface area (Å²) < 4.78 is 1.45. The van der Waals surface area contributed by atoms with Gasteiger partial charge in [0.05, 0.1) is 17.2 Å². The monoisotopic (exact) mass is 314 g/mol. The normalized spacial score (nSPS) is 10.8. The molecule has 7 heteroatoms. The van der Waals surface area contributed by atoms with Crippen LogP contribution in [-0.4, -0.2) is 20.4 Å². The highest BCUT2D eigenvalue weighted by Gasteiger charge is 2.08. The van der Waals surface area contributed by atoms with Crippen molar-refractivity contribution in [2.75, 3.05) is 5.32 Å². The van der Waals surface area contributed by atoms with Crippen molar-refractivity contribution in [1.29, 1.82) is 0 Å². The second kappa shape index (κ2) is 6.07. The predicted molar refractivity (Wildman–Crippen MR) is 86.1 cm³/mol. The number of anilines is 1. The van der Waals surface area contributed by atoms with E-state index in [0.29, 0.717) is 16.0 Å². The number of para-hydroxylation sites is 1. The van der Waals surface area contributed by atoms with E-state index in [1.54, 1.807) is 24.4 Å². The fraction of sp³-hybridized carbons (Fsp3) is 0.200. The maximum atomic E-state index is 12.3. The molecular weight excluding hydrogens is 300 g/mol. The van der Waals surface area contributed by atoms with Crippen molar-refractivity contribution in [2.24, 2.45) is 0 Å². The highest BCUT2D eigenvalue weighted by Crippen LogP contribution is 2.16. The van der Waals surface area contributed by atoms with Crippen molar-refractivity contribution in [2.45, 2.75) is 19.9 Å². The van der Waals surface area contributed by atoms with Gasteiger partial charge in [0.2, 0.25) is 5.91 Å². The summed E-state index contributed by atoms with van der Waals surface area (Å²) in [6.07, 6.45) is 3.38. The largest absolute Gasteiger partial charge is 0.302 e. The average Bonchev–Trinajstić information content (AvgIpc) is 2.92. The molecule has 0 atom stereocenters. The first-order chi connectivity index (χ1) is 10.6. The molecule has 0 aliphatic rings. The van der Waals surface area contributed by atoms with Crippen LogP contribution in [0.2, 0.25) is 0 Å². The van der Waals surface area contributed by atoms with Crippen molar-refractivity contribution < 1.29 is 4.79 Å². The van der Waals surface area contributed by atoms with Gasteiger partial charge in [-0.05, 0) is 19.1 Å². The lowest BCUT2D eigenvalue weighted by atomic mass is 10.2. The number of hydrogen-bond acceptors (Lipinski definition) is 5. The Labute approximate surface area is 130 Å². The average molecular weight is 314 g/mol.